The zero-order valence-electron chi connectivity index (χ0n) is 39.6. The molecule has 10 aromatic rings. The maximum Gasteiger partial charge on any atom is 0.0546 e. The van der Waals surface area contributed by atoms with Crippen LogP contribution in [0.15, 0.2) is 206 Å². The van der Waals surface area contributed by atoms with Crippen LogP contribution in [0, 0.1) is 0 Å². The van der Waals surface area contributed by atoms with Crippen LogP contribution in [-0.2, 0) is 16.2 Å². The fraction of sp³-hybridized carbons (Fsp3) is 0.152. The van der Waals surface area contributed by atoms with Crippen LogP contribution in [0.5, 0.6) is 0 Å². The van der Waals surface area contributed by atoms with Gasteiger partial charge in [-0.25, -0.2) is 0 Å². The smallest absolute Gasteiger partial charge is 0.0546 e. The Balaban J connectivity index is 1.02. The van der Waals surface area contributed by atoms with Crippen molar-refractivity contribution >= 4 is 38.6 Å². The van der Waals surface area contributed by atoms with Crippen LogP contribution in [0.4, 0.5) is 17.1 Å². The minimum Gasteiger partial charge on any atom is -0.310 e. The summed E-state index contributed by atoms with van der Waals surface area (Å²) in [7, 11) is 0. The van der Waals surface area contributed by atoms with Crippen LogP contribution in [0.25, 0.3) is 77.2 Å². The molecule has 1 heteroatoms. The SMILES string of the molecule is CC(C)(C)c1ccc(-c2ccc(-c3ccc(N(c4ccc5c(c4)-c4cc6ccccc6cc4C5(C)C)c4ccc5ccccc5c4-c4ccc5c(c4)-c4ccccc4C5(C)C)cc3)cc2)cc1. The predicted molar refractivity (Wildman–Crippen MR) is 286 cm³/mol. The van der Waals surface area contributed by atoms with E-state index >= 15 is 0 Å². The Morgan fingerprint density at radius 1 is 0.343 bits per heavy atom. The molecule has 0 aliphatic heterocycles. The Hall–Kier alpha value is -7.48. The molecule has 324 valence electrons. The molecule has 0 saturated heterocycles. The molecule has 12 rings (SSSR count). The lowest BCUT2D eigenvalue weighted by Gasteiger charge is -2.30. The molecule has 0 aromatic heterocycles. The quantitative estimate of drug-likeness (QED) is 0.161. The Morgan fingerprint density at radius 2 is 0.821 bits per heavy atom. The molecule has 2 aliphatic carbocycles. The molecule has 0 N–H and O–H groups in total. The summed E-state index contributed by atoms with van der Waals surface area (Å²) in [6.45, 7) is 16.3. The zero-order chi connectivity index (χ0) is 45.8. The number of nitrogens with zero attached hydrogens (tertiary/aromatic N) is 1. The number of fused-ring (bicyclic) bond motifs is 8. The molecule has 0 heterocycles. The van der Waals surface area contributed by atoms with E-state index < -0.39 is 0 Å². The summed E-state index contributed by atoms with van der Waals surface area (Å²) in [5.41, 5.74) is 22.8. The van der Waals surface area contributed by atoms with Crippen molar-refractivity contribution in [3.63, 3.8) is 0 Å². The van der Waals surface area contributed by atoms with E-state index in [2.05, 4.69) is 260 Å². The first-order chi connectivity index (χ1) is 32.3. The van der Waals surface area contributed by atoms with E-state index in [9.17, 15) is 0 Å². The third-order valence-corrected chi connectivity index (χ3v) is 15.2. The van der Waals surface area contributed by atoms with Gasteiger partial charge in [0.15, 0.2) is 0 Å². The second-order valence-corrected chi connectivity index (χ2v) is 21.0. The minimum absolute atomic E-state index is 0.0718. The normalized spacial score (nSPS) is 14.1. The van der Waals surface area contributed by atoms with Gasteiger partial charge in [0.1, 0.15) is 0 Å². The van der Waals surface area contributed by atoms with Gasteiger partial charge in [-0.3, -0.25) is 0 Å². The zero-order valence-corrected chi connectivity index (χ0v) is 39.6. The molecule has 0 spiro atoms. The second kappa shape index (κ2) is 15.0. The summed E-state index contributed by atoms with van der Waals surface area (Å²) >= 11 is 0. The number of anilines is 3. The Kier molecular flexibility index (Phi) is 9.19. The molecule has 1 nitrogen and oxygen atoms in total. The summed E-state index contributed by atoms with van der Waals surface area (Å²) in [6.07, 6.45) is 0. The molecular weight excluding hydrogens is 807 g/mol. The van der Waals surface area contributed by atoms with E-state index in [1.165, 1.54) is 105 Å². The van der Waals surface area contributed by atoms with Crippen molar-refractivity contribution < 1.29 is 0 Å². The fourth-order valence-electron chi connectivity index (χ4n) is 11.4. The molecule has 2 aliphatic rings. The maximum absolute atomic E-state index is 2.51. The molecular formula is C66H55N. The van der Waals surface area contributed by atoms with Gasteiger partial charge in [0.2, 0.25) is 0 Å². The van der Waals surface area contributed by atoms with Crippen LogP contribution >= 0.6 is 0 Å². The van der Waals surface area contributed by atoms with E-state index in [1.807, 2.05) is 0 Å². The number of hydrogen-bond acceptors (Lipinski definition) is 1. The van der Waals surface area contributed by atoms with E-state index in [1.54, 1.807) is 0 Å². The summed E-state index contributed by atoms with van der Waals surface area (Å²) in [6, 6.07) is 77.8. The first kappa shape index (κ1) is 41.0. The lowest BCUT2D eigenvalue weighted by atomic mass is 9.82. The highest BCUT2D eigenvalue weighted by Crippen LogP contribution is 2.54. The summed E-state index contributed by atoms with van der Waals surface area (Å²) < 4.78 is 0. The predicted octanol–water partition coefficient (Wildman–Crippen LogP) is 18.4. The van der Waals surface area contributed by atoms with Gasteiger partial charge in [0, 0.05) is 27.8 Å². The van der Waals surface area contributed by atoms with Crippen LogP contribution < -0.4 is 4.90 Å². The first-order valence-corrected chi connectivity index (χ1v) is 23.9. The fourth-order valence-corrected chi connectivity index (χ4v) is 11.4. The summed E-state index contributed by atoms with van der Waals surface area (Å²) in [5.74, 6) is 0. The first-order valence-electron chi connectivity index (χ1n) is 23.9. The maximum atomic E-state index is 2.51. The Bertz CT molecular complexity index is 3580. The lowest BCUT2D eigenvalue weighted by molar-refractivity contribution is 0.590. The highest BCUT2D eigenvalue weighted by Gasteiger charge is 2.38. The molecule has 0 unspecified atom stereocenters. The van der Waals surface area contributed by atoms with Gasteiger partial charge in [0.25, 0.3) is 0 Å². The third-order valence-electron chi connectivity index (χ3n) is 15.2. The lowest BCUT2D eigenvalue weighted by Crippen LogP contribution is -2.16. The average Bonchev–Trinajstić information content (AvgIpc) is 3.71. The summed E-state index contributed by atoms with van der Waals surface area (Å²) in [4.78, 5) is 2.51. The molecule has 0 fully saturated rings. The van der Waals surface area contributed by atoms with Crippen molar-refractivity contribution in [3.8, 4) is 55.6 Å². The van der Waals surface area contributed by atoms with Crippen molar-refractivity contribution in [1.82, 2.24) is 0 Å². The van der Waals surface area contributed by atoms with Crippen molar-refractivity contribution in [2.24, 2.45) is 0 Å². The van der Waals surface area contributed by atoms with Crippen LogP contribution in [0.1, 0.15) is 76.3 Å². The van der Waals surface area contributed by atoms with Crippen molar-refractivity contribution in [3.05, 3.63) is 234 Å². The van der Waals surface area contributed by atoms with Crippen molar-refractivity contribution in [1.29, 1.82) is 0 Å². The van der Waals surface area contributed by atoms with Gasteiger partial charge >= 0.3 is 0 Å². The molecule has 0 amide bonds. The van der Waals surface area contributed by atoms with E-state index in [-0.39, 0.29) is 16.2 Å². The molecule has 0 radical (unpaired) electrons. The van der Waals surface area contributed by atoms with Gasteiger partial charge < -0.3 is 4.90 Å². The molecule has 0 saturated carbocycles. The molecule has 0 bridgehead atoms. The largest absolute Gasteiger partial charge is 0.310 e. The molecule has 67 heavy (non-hydrogen) atoms. The van der Waals surface area contributed by atoms with E-state index in [4.69, 9.17) is 0 Å². The molecule has 10 aromatic carbocycles. The average molecular weight is 862 g/mol. The second-order valence-electron chi connectivity index (χ2n) is 21.0. The van der Waals surface area contributed by atoms with Gasteiger partial charge in [-0.2, -0.15) is 0 Å². The molecule has 0 atom stereocenters. The Morgan fingerprint density at radius 3 is 1.49 bits per heavy atom. The highest BCUT2D eigenvalue weighted by atomic mass is 15.1. The number of hydrogen-bond donors (Lipinski definition) is 0. The highest BCUT2D eigenvalue weighted by molar-refractivity contribution is 6.07. The van der Waals surface area contributed by atoms with Crippen LogP contribution in [0.3, 0.4) is 0 Å². The van der Waals surface area contributed by atoms with E-state index in [0.717, 1.165) is 17.1 Å². The number of rotatable bonds is 6. The monoisotopic (exact) mass is 861 g/mol. The van der Waals surface area contributed by atoms with Gasteiger partial charge in [-0.05, 0) is 153 Å². The van der Waals surface area contributed by atoms with E-state index in [0.29, 0.717) is 0 Å². The summed E-state index contributed by atoms with van der Waals surface area (Å²) in [5, 5.41) is 5.02. The van der Waals surface area contributed by atoms with Crippen LogP contribution in [0.2, 0.25) is 0 Å². The van der Waals surface area contributed by atoms with Gasteiger partial charge in [-0.1, -0.05) is 206 Å². The van der Waals surface area contributed by atoms with Crippen LogP contribution in [-0.4, -0.2) is 0 Å². The van der Waals surface area contributed by atoms with Gasteiger partial charge in [0.05, 0.1) is 5.69 Å². The standard InChI is InChI=1S/C66H55N/c1-64(2,3)50-30-24-44(25-31-50)42-20-22-43(23-21-42)45-26-32-51(33-27-45)67(52-34-36-60-57(41-52)56-38-47-15-8-9-16-48(47)40-61(56)66(60,6)7)62-37-29-46-14-10-11-17-53(46)63(62)49-28-35-59-55(39-49)54-18-12-13-19-58(54)65(59,4)5/h8-41H,1-7H3. The number of benzene rings is 10. The van der Waals surface area contributed by atoms with Crippen molar-refractivity contribution in [2.75, 3.05) is 4.90 Å². The minimum atomic E-state index is -0.131. The Labute approximate surface area is 396 Å². The topological polar surface area (TPSA) is 3.24 Å². The third kappa shape index (κ3) is 6.58. The van der Waals surface area contributed by atoms with Crippen molar-refractivity contribution in [2.45, 2.75) is 64.7 Å². The van der Waals surface area contributed by atoms with Gasteiger partial charge in [-0.15, -0.1) is 0 Å².